The number of nitrogens with zero attached hydrogens (tertiary/aromatic N) is 3. The zero-order valence-corrected chi connectivity index (χ0v) is 13.6. The number of aromatic nitrogens is 2. The van der Waals surface area contributed by atoms with E-state index in [4.69, 9.17) is 11.6 Å². The van der Waals surface area contributed by atoms with Crippen molar-refractivity contribution in [3.63, 3.8) is 0 Å². The van der Waals surface area contributed by atoms with Crippen LogP contribution in [-0.4, -0.2) is 23.1 Å². The van der Waals surface area contributed by atoms with Gasteiger partial charge in [-0.15, -0.1) is 0 Å². The molecule has 22 heavy (non-hydrogen) atoms. The van der Waals surface area contributed by atoms with Crippen LogP contribution in [0.3, 0.4) is 0 Å². The van der Waals surface area contributed by atoms with Crippen LogP contribution in [0.4, 0.5) is 21.8 Å². The standard InChI is InChI=1S/C16H20ClFN4/c1-3-9-22(10-4-2)16-19-8-7-15(21-16)20-12-5-6-14(18)13(17)11-12/h5-8,11H,3-4,9-10H2,1-2H3,(H,19,20,21). The lowest BCUT2D eigenvalue weighted by Gasteiger charge is -2.21. The molecule has 0 radical (unpaired) electrons. The maximum atomic E-state index is 13.2. The molecule has 0 bridgehead atoms. The number of rotatable bonds is 7. The molecule has 0 amide bonds. The van der Waals surface area contributed by atoms with Gasteiger partial charge in [0.25, 0.3) is 0 Å². The Morgan fingerprint density at radius 2 is 1.91 bits per heavy atom. The van der Waals surface area contributed by atoms with Gasteiger partial charge in [0.05, 0.1) is 5.02 Å². The summed E-state index contributed by atoms with van der Waals surface area (Å²) in [4.78, 5) is 11.0. The van der Waals surface area contributed by atoms with E-state index < -0.39 is 5.82 Å². The zero-order valence-electron chi connectivity index (χ0n) is 12.8. The van der Waals surface area contributed by atoms with Gasteiger partial charge in [-0.1, -0.05) is 25.4 Å². The smallest absolute Gasteiger partial charge is 0.227 e. The molecule has 0 spiro atoms. The van der Waals surface area contributed by atoms with E-state index in [1.165, 1.54) is 12.1 Å². The van der Waals surface area contributed by atoms with Crippen molar-refractivity contribution in [3.05, 3.63) is 41.3 Å². The van der Waals surface area contributed by atoms with Crippen LogP contribution in [0.15, 0.2) is 30.5 Å². The van der Waals surface area contributed by atoms with Crippen LogP contribution in [0.1, 0.15) is 26.7 Å². The van der Waals surface area contributed by atoms with Gasteiger partial charge in [0, 0.05) is 25.0 Å². The summed E-state index contributed by atoms with van der Waals surface area (Å²) in [5.74, 6) is 0.916. The largest absolute Gasteiger partial charge is 0.341 e. The van der Waals surface area contributed by atoms with Gasteiger partial charge >= 0.3 is 0 Å². The van der Waals surface area contributed by atoms with Crippen molar-refractivity contribution >= 4 is 29.1 Å². The summed E-state index contributed by atoms with van der Waals surface area (Å²) in [6.45, 7) is 6.09. The summed E-state index contributed by atoms with van der Waals surface area (Å²) in [5, 5.41) is 3.20. The second kappa shape index (κ2) is 7.94. The predicted octanol–water partition coefficient (Wildman–Crippen LogP) is 4.64. The summed E-state index contributed by atoms with van der Waals surface area (Å²) >= 11 is 5.79. The summed E-state index contributed by atoms with van der Waals surface area (Å²) in [7, 11) is 0. The van der Waals surface area contributed by atoms with E-state index in [2.05, 4.69) is 34.0 Å². The lowest BCUT2D eigenvalue weighted by Crippen LogP contribution is -2.26. The first-order chi connectivity index (χ1) is 10.6. The Balaban J connectivity index is 2.18. The lowest BCUT2D eigenvalue weighted by atomic mass is 10.3. The van der Waals surface area contributed by atoms with E-state index in [0.29, 0.717) is 17.5 Å². The van der Waals surface area contributed by atoms with Gasteiger partial charge in [-0.3, -0.25) is 0 Å². The highest BCUT2D eigenvalue weighted by Crippen LogP contribution is 2.22. The van der Waals surface area contributed by atoms with E-state index in [0.717, 1.165) is 25.9 Å². The molecule has 0 unspecified atom stereocenters. The molecule has 0 fully saturated rings. The minimum Gasteiger partial charge on any atom is -0.341 e. The molecule has 0 atom stereocenters. The Hall–Kier alpha value is -1.88. The molecule has 1 N–H and O–H groups in total. The van der Waals surface area contributed by atoms with Crippen LogP contribution < -0.4 is 10.2 Å². The van der Waals surface area contributed by atoms with Gasteiger partial charge in [0.2, 0.25) is 5.95 Å². The molecule has 0 saturated carbocycles. The second-order valence-electron chi connectivity index (χ2n) is 4.98. The van der Waals surface area contributed by atoms with Crippen molar-refractivity contribution in [1.82, 2.24) is 9.97 Å². The first kappa shape index (κ1) is 16.5. The van der Waals surface area contributed by atoms with Crippen LogP contribution in [0.25, 0.3) is 0 Å². The molecule has 1 heterocycles. The Bertz CT molecular complexity index is 615. The third-order valence-corrected chi connectivity index (χ3v) is 3.39. The maximum absolute atomic E-state index is 13.2. The van der Waals surface area contributed by atoms with Crippen molar-refractivity contribution in [2.75, 3.05) is 23.3 Å². The van der Waals surface area contributed by atoms with E-state index in [1.807, 2.05) is 0 Å². The van der Waals surface area contributed by atoms with Crippen molar-refractivity contribution < 1.29 is 4.39 Å². The molecule has 118 valence electrons. The molecule has 0 aliphatic carbocycles. The van der Waals surface area contributed by atoms with E-state index in [1.54, 1.807) is 18.3 Å². The van der Waals surface area contributed by atoms with Gasteiger partial charge in [0.15, 0.2) is 0 Å². The van der Waals surface area contributed by atoms with Gasteiger partial charge in [-0.25, -0.2) is 9.37 Å². The monoisotopic (exact) mass is 322 g/mol. The zero-order chi connectivity index (χ0) is 15.9. The van der Waals surface area contributed by atoms with Gasteiger partial charge in [-0.2, -0.15) is 4.98 Å². The maximum Gasteiger partial charge on any atom is 0.227 e. The minimum absolute atomic E-state index is 0.0814. The molecule has 4 nitrogen and oxygen atoms in total. The first-order valence-corrected chi connectivity index (χ1v) is 7.82. The van der Waals surface area contributed by atoms with Crippen LogP contribution in [0.5, 0.6) is 0 Å². The third-order valence-electron chi connectivity index (χ3n) is 3.10. The number of nitrogens with one attached hydrogen (secondary N) is 1. The normalized spacial score (nSPS) is 10.5. The van der Waals surface area contributed by atoms with E-state index >= 15 is 0 Å². The second-order valence-corrected chi connectivity index (χ2v) is 5.39. The number of benzene rings is 1. The molecule has 6 heteroatoms. The van der Waals surface area contributed by atoms with E-state index in [9.17, 15) is 4.39 Å². The van der Waals surface area contributed by atoms with Crippen LogP contribution in [0, 0.1) is 5.82 Å². The van der Waals surface area contributed by atoms with Crippen LogP contribution >= 0.6 is 11.6 Å². The Labute approximate surface area is 135 Å². The van der Waals surface area contributed by atoms with Gasteiger partial charge < -0.3 is 10.2 Å². The molecular weight excluding hydrogens is 303 g/mol. The third kappa shape index (κ3) is 4.31. The van der Waals surface area contributed by atoms with Crippen molar-refractivity contribution in [3.8, 4) is 0 Å². The molecule has 0 aliphatic rings. The lowest BCUT2D eigenvalue weighted by molar-refractivity contribution is 0.628. The summed E-state index contributed by atoms with van der Waals surface area (Å²) < 4.78 is 13.2. The fourth-order valence-corrected chi connectivity index (χ4v) is 2.32. The summed E-state index contributed by atoms with van der Waals surface area (Å²) in [5.41, 5.74) is 0.689. The number of hydrogen-bond donors (Lipinski definition) is 1. The Morgan fingerprint density at radius 1 is 1.18 bits per heavy atom. The molecule has 1 aromatic heterocycles. The van der Waals surface area contributed by atoms with Crippen LogP contribution in [-0.2, 0) is 0 Å². The van der Waals surface area contributed by atoms with Crippen LogP contribution in [0.2, 0.25) is 5.02 Å². The van der Waals surface area contributed by atoms with Crippen molar-refractivity contribution in [2.24, 2.45) is 0 Å². The molecule has 0 saturated heterocycles. The number of hydrogen-bond acceptors (Lipinski definition) is 4. The van der Waals surface area contributed by atoms with Crippen molar-refractivity contribution in [1.29, 1.82) is 0 Å². The van der Waals surface area contributed by atoms with Gasteiger partial charge in [-0.05, 0) is 37.1 Å². The average Bonchev–Trinajstić information content (AvgIpc) is 2.51. The molecular formula is C16H20ClFN4. The van der Waals surface area contributed by atoms with Crippen molar-refractivity contribution in [2.45, 2.75) is 26.7 Å². The first-order valence-electron chi connectivity index (χ1n) is 7.44. The fourth-order valence-electron chi connectivity index (χ4n) is 2.14. The van der Waals surface area contributed by atoms with E-state index in [-0.39, 0.29) is 5.02 Å². The quantitative estimate of drug-likeness (QED) is 0.806. The SMILES string of the molecule is CCCN(CCC)c1nccc(Nc2ccc(F)c(Cl)c2)n1. The minimum atomic E-state index is -0.437. The highest BCUT2D eigenvalue weighted by Gasteiger charge is 2.09. The molecule has 2 aromatic rings. The average molecular weight is 323 g/mol. The summed E-state index contributed by atoms with van der Waals surface area (Å²) in [6, 6.07) is 6.26. The summed E-state index contributed by atoms with van der Waals surface area (Å²) in [6.07, 6.45) is 3.79. The van der Waals surface area contributed by atoms with Gasteiger partial charge in [0.1, 0.15) is 11.6 Å². The number of anilines is 3. The fraction of sp³-hybridized carbons (Fsp3) is 0.375. The Morgan fingerprint density at radius 3 is 2.55 bits per heavy atom. The highest BCUT2D eigenvalue weighted by atomic mass is 35.5. The highest BCUT2D eigenvalue weighted by molar-refractivity contribution is 6.31. The predicted molar refractivity (Wildman–Crippen MR) is 89.5 cm³/mol. The number of halogens is 2. The molecule has 0 aliphatic heterocycles. The Kier molecular flexibility index (Phi) is 5.95. The topological polar surface area (TPSA) is 41.1 Å². The molecule has 2 rings (SSSR count). The molecule has 1 aromatic carbocycles.